The van der Waals surface area contributed by atoms with Crippen LogP contribution in [0.15, 0.2) is 18.2 Å². The second-order valence-electron chi connectivity index (χ2n) is 4.43. The molecule has 0 aliphatic carbocycles. The molecule has 0 fully saturated rings. The Morgan fingerprint density at radius 2 is 1.50 bits per heavy atom. The number of rotatable bonds is 10. The molecule has 0 spiro atoms. The third-order valence-electron chi connectivity index (χ3n) is 2.79. The summed E-state index contributed by atoms with van der Waals surface area (Å²) >= 11 is 0. The van der Waals surface area contributed by atoms with Gasteiger partial charge in [-0.1, -0.05) is 0 Å². The number of hydrogen-bond donors (Lipinski definition) is 2. The van der Waals surface area contributed by atoms with Gasteiger partial charge in [-0.05, 0) is 6.42 Å². The molecule has 7 heteroatoms. The van der Waals surface area contributed by atoms with E-state index in [1.54, 1.807) is 39.5 Å². The van der Waals surface area contributed by atoms with Gasteiger partial charge in [-0.2, -0.15) is 0 Å². The quantitative estimate of drug-likeness (QED) is 0.639. The Bertz CT molecular complexity index is 431. The summed E-state index contributed by atoms with van der Waals surface area (Å²) in [6.45, 7) is 1.95. The molecular formula is C15H24N2O5. The molecule has 2 amide bonds. The highest BCUT2D eigenvalue weighted by molar-refractivity contribution is 5.73. The summed E-state index contributed by atoms with van der Waals surface area (Å²) in [6, 6.07) is 5.06. The van der Waals surface area contributed by atoms with Crippen molar-refractivity contribution < 1.29 is 23.7 Å². The van der Waals surface area contributed by atoms with Crippen molar-refractivity contribution in [3.8, 4) is 17.2 Å². The van der Waals surface area contributed by atoms with Crippen LogP contribution in [-0.4, -0.2) is 53.7 Å². The molecule has 1 aromatic rings. The first-order valence-corrected chi connectivity index (χ1v) is 7.06. The van der Waals surface area contributed by atoms with Gasteiger partial charge in [-0.3, -0.25) is 0 Å². The SMILES string of the molecule is COCCCNC(=O)NCCOc1cc(OC)cc(OC)c1. The van der Waals surface area contributed by atoms with E-state index >= 15 is 0 Å². The Labute approximate surface area is 130 Å². The first kappa shape index (κ1) is 17.9. The minimum atomic E-state index is -0.220. The van der Waals surface area contributed by atoms with Crippen LogP contribution in [0.3, 0.4) is 0 Å². The zero-order valence-electron chi connectivity index (χ0n) is 13.3. The van der Waals surface area contributed by atoms with Crippen LogP contribution in [0, 0.1) is 0 Å². The average Bonchev–Trinajstić information content (AvgIpc) is 2.55. The Hall–Kier alpha value is -2.15. The lowest BCUT2D eigenvalue weighted by atomic mass is 10.3. The number of amides is 2. The Balaban J connectivity index is 2.25. The smallest absolute Gasteiger partial charge is 0.314 e. The normalized spacial score (nSPS) is 9.95. The van der Waals surface area contributed by atoms with Crippen molar-refractivity contribution in [2.45, 2.75) is 6.42 Å². The van der Waals surface area contributed by atoms with Crippen LogP contribution in [0.4, 0.5) is 4.79 Å². The predicted molar refractivity (Wildman–Crippen MR) is 82.9 cm³/mol. The van der Waals surface area contributed by atoms with E-state index in [1.807, 2.05) is 0 Å². The summed E-state index contributed by atoms with van der Waals surface area (Å²) in [5.74, 6) is 1.93. The molecule has 1 aromatic carbocycles. The van der Waals surface area contributed by atoms with Crippen molar-refractivity contribution in [1.82, 2.24) is 10.6 Å². The molecule has 124 valence electrons. The van der Waals surface area contributed by atoms with Gasteiger partial charge < -0.3 is 29.6 Å². The molecule has 2 N–H and O–H groups in total. The fraction of sp³-hybridized carbons (Fsp3) is 0.533. The minimum absolute atomic E-state index is 0.220. The van der Waals surface area contributed by atoms with Gasteiger partial charge in [0.05, 0.1) is 20.8 Å². The van der Waals surface area contributed by atoms with Gasteiger partial charge in [0.15, 0.2) is 0 Å². The Morgan fingerprint density at radius 3 is 2.09 bits per heavy atom. The molecule has 0 bridgehead atoms. The van der Waals surface area contributed by atoms with Gasteiger partial charge in [0.2, 0.25) is 0 Å². The van der Waals surface area contributed by atoms with Crippen LogP contribution in [0.5, 0.6) is 17.2 Å². The van der Waals surface area contributed by atoms with Crippen LogP contribution in [0.25, 0.3) is 0 Å². The number of hydrogen-bond acceptors (Lipinski definition) is 5. The summed E-state index contributed by atoms with van der Waals surface area (Å²) < 4.78 is 20.8. The van der Waals surface area contributed by atoms with Crippen LogP contribution in [0.1, 0.15) is 6.42 Å². The zero-order chi connectivity index (χ0) is 16.2. The summed E-state index contributed by atoms with van der Waals surface area (Å²) in [4.78, 5) is 11.5. The number of ether oxygens (including phenoxy) is 4. The van der Waals surface area contributed by atoms with Gasteiger partial charge >= 0.3 is 6.03 Å². The monoisotopic (exact) mass is 312 g/mol. The van der Waals surface area contributed by atoms with Crippen LogP contribution >= 0.6 is 0 Å². The number of urea groups is 1. The lowest BCUT2D eigenvalue weighted by Gasteiger charge is -2.11. The molecule has 22 heavy (non-hydrogen) atoms. The highest BCUT2D eigenvalue weighted by atomic mass is 16.5. The lowest BCUT2D eigenvalue weighted by molar-refractivity contribution is 0.193. The van der Waals surface area contributed by atoms with Crippen LogP contribution < -0.4 is 24.8 Å². The molecule has 0 radical (unpaired) electrons. The van der Waals surface area contributed by atoms with E-state index in [1.165, 1.54) is 0 Å². The number of nitrogens with one attached hydrogen (secondary N) is 2. The summed E-state index contributed by atoms with van der Waals surface area (Å²) in [5, 5.41) is 5.44. The van der Waals surface area contributed by atoms with E-state index in [9.17, 15) is 4.79 Å². The molecular weight excluding hydrogens is 288 g/mol. The second kappa shape index (κ2) is 10.6. The Morgan fingerprint density at radius 1 is 0.909 bits per heavy atom. The van der Waals surface area contributed by atoms with E-state index in [0.29, 0.717) is 43.6 Å². The molecule has 1 rings (SSSR count). The highest BCUT2D eigenvalue weighted by Gasteiger charge is 2.03. The minimum Gasteiger partial charge on any atom is -0.496 e. The fourth-order valence-electron chi connectivity index (χ4n) is 1.68. The largest absolute Gasteiger partial charge is 0.496 e. The van der Waals surface area contributed by atoms with E-state index in [0.717, 1.165) is 6.42 Å². The molecule has 0 aliphatic rings. The first-order valence-electron chi connectivity index (χ1n) is 7.06. The molecule has 7 nitrogen and oxygen atoms in total. The topological polar surface area (TPSA) is 78.1 Å². The molecule has 0 aromatic heterocycles. The maximum atomic E-state index is 11.5. The van der Waals surface area contributed by atoms with Crippen molar-refractivity contribution >= 4 is 6.03 Å². The van der Waals surface area contributed by atoms with Crippen molar-refractivity contribution in [2.75, 3.05) is 47.6 Å². The van der Waals surface area contributed by atoms with E-state index in [-0.39, 0.29) is 6.03 Å². The molecule has 0 atom stereocenters. The third-order valence-corrected chi connectivity index (χ3v) is 2.79. The zero-order valence-corrected chi connectivity index (χ0v) is 13.3. The Kier molecular flexibility index (Phi) is 8.59. The van der Waals surface area contributed by atoms with Gasteiger partial charge in [0, 0.05) is 38.5 Å². The van der Waals surface area contributed by atoms with Crippen molar-refractivity contribution in [3.63, 3.8) is 0 Å². The van der Waals surface area contributed by atoms with Gasteiger partial charge in [0.1, 0.15) is 23.9 Å². The first-order chi connectivity index (χ1) is 10.7. The fourth-order valence-corrected chi connectivity index (χ4v) is 1.68. The standard InChI is InChI=1S/C15H24N2O5/c1-19-7-4-5-16-15(18)17-6-8-22-14-10-12(20-2)9-13(11-14)21-3/h9-11H,4-8H2,1-3H3,(H2,16,17,18). The van der Waals surface area contributed by atoms with Gasteiger partial charge in [-0.25, -0.2) is 4.79 Å². The molecule has 0 saturated carbocycles. The summed E-state index contributed by atoms with van der Waals surface area (Å²) in [6.07, 6.45) is 0.782. The predicted octanol–water partition coefficient (Wildman–Crippen LogP) is 1.42. The maximum absolute atomic E-state index is 11.5. The third kappa shape index (κ3) is 7.03. The van der Waals surface area contributed by atoms with E-state index in [4.69, 9.17) is 18.9 Å². The van der Waals surface area contributed by atoms with Gasteiger partial charge in [-0.15, -0.1) is 0 Å². The number of methoxy groups -OCH3 is 3. The van der Waals surface area contributed by atoms with Crippen molar-refractivity contribution in [1.29, 1.82) is 0 Å². The highest BCUT2D eigenvalue weighted by Crippen LogP contribution is 2.27. The average molecular weight is 312 g/mol. The van der Waals surface area contributed by atoms with E-state index in [2.05, 4.69) is 10.6 Å². The molecule has 0 saturated heterocycles. The van der Waals surface area contributed by atoms with Crippen LogP contribution in [-0.2, 0) is 4.74 Å². The van der Waals surface area contributed by atoms with Crippen molar-refractivity contribution in [2.24, 2.45) is 0 Å². The van der Waals surface area contributed by atoms with Crippen molar-refractivity contribution in [3.05, 3.63) is 18.2 Å². The number of carbonyl (C=O) groups is 1. The number of carbonyl (C=O) groups excluding carboxylic acids is 1. The lowest BCUT2D eigenvalue weighted by Crippen LogP contribution is -2.38. The van der Waals surface area contributed by atoms with Gasteiger partial charge in [0.25, 0.3) is 0 Å². The molecule has 0 aliphatic heterocycles. The summed E-state index contributed by atoms with van der Waals surface area (Å²) in [7, 11) is 4.78. The number of benzene rings is 1. The summed E-state index contributed by atoms with van der Waals surface area (Å²) in [5.41, 5.74) is 0. The van der Waals surface area contributed by atoms with Crippen LogP contribution in [0.2, 0.25) is 0 Å². The second-order valence-corrected chi connectivity index (χ2v) is 4.43. The maximum Gasteiger partial charge on any atom is 0.314 e. The van der Waals surface area contributed by atoms with E-state index < -0.39 is 0 Å². The molecule has 0 heterocycles. The molecule has 0 unspecified atom stereocenters.